The van der Waals surface area contributed by atoms with Crippen LogP contribution in [0.15, 0.2) is 30.5 Å². The van der Waals surface area contributed by atoms with E-state index in [9.17, 15) is 27.6 Å². The summed E-state index contributed by atoms with van der Waals surface area (Å²) in [6, 6.07) is 5.02. The molecule has 1 aromatic heterocycles. The number of hydrogen-bond donors (Lipinski definition) is 3. The van der Waals surface area contributed by atoms with Gasteiger partial charge in [-0.2, -0.15) is 0 Å². The Labute approximate surface area is 323 Å². The maximum Gasteiger partial charge on any atom is 0.408 e. The number of pyridine rings is 1. The summed E-state index contributed by atoms with van der Waals surface area (Å²) in [4.78, 5) is 62.5. The van der Waals surface area contributed by atoms with Gasteiger partial charge in [-0.05, 0) is 94.4 Å². The highest BCUT2D eigenvalue weighted by atomic mass is 32.2. The molecule has 302 valence electrons. The molecule has 4 aliphatic rings. The van der Waals surface area contributed by atoms with Gasteiger partial charge in [-0.25, -0.2) is 18.2 Å². The highest BCUT2D eigenvalue weighted by Crippen LogP contribution is 2.48. The Morgan fingerprint density at radius 1 is 1.05 bits per heavy atom. The van der Waals surface area contributed by atoms with Gasteiger partial charge in [0.05, 0.1) is 25.5 Å². The largest absolute Gasteiger partial charge is 0.497 e. The number of sulfonamides is 1. The molecule has 0 bridgehead atoms. The molecule has 4 amide bonds. The first-order valence-corrected chi connectivity index (χ1v) is 20.8. The summed E-state index contributed by atoms with van der Waals surface area (Å²) in [6.45, 7) is 7.40. The van der Waals surface area contributed by atoms with E-state index in [1.807, 2.05) is 18.2 Å². The Balaban J connectivity index is 1.36. The summed E-state index contributed by atoms with van der Waals surface area (Å²) in [5.41, 5.74) is -2.29. The second-order valence-electron chi connectivity index (χ2n) is 16.7. The minimum absolute atomic E-state index is 0.0361. The molecule has 3 heterocycles. The maximum absolute atomic E-state index is 14.9. The van der Waals surface area contributed by atoms with Crippen molar-refractivity contribution in [1.29, 1.82) is 0 Å². The molecule has 16 heteroatoms. The fourth-order valence-electron chi connectivity index (χ4n) is 8.06. The Hall–Kier alpha value is -4.18. The molecule has 3 N–H and O–H groups in total. The summed E-state index contributed by atoms with van der Waals surface area (Å²) in [6.07, 6.45) is 4.94. The van der Waals surface area contributed by atoms with Crippen molar-refractivity contribution in [3.63, 3.8) is 0 Å². The number of carbonyl (C=O) groups is 4. The van der Waals surface area contributed by atoms with E-state index in [0.29, 0.717) is 42.7 Å². The summed E-state index contributed by atoms with van der Waals surface area (Å²) in [7, 11) is -0.771. The first-order chi connectivity index (χ1) is 26.0. The highest BCUT2D eigenvalue weighted by molar-refractivity contribution is 7.91. The molecular weight excluding hydrogens is 731 g/mol. The average Bonchev–Trinajstić information content (AvgIpc) is 4.04. The van der Waals surface area contributed by atoms with Crippen molar-refractivity contribution < 1.29 is 46.5 Å². The molecule has 2 aromatic rings. The van der Waals surface area contributed by atoms with Gasteiger partial charge in [-0.15, -0.1) is 0 Å². The minimum Gasteiger partial charge on any atom is -0.497 e. The van der Waals surface area contributed by atoms with E-state index in [2.05, 4.69) is 27.3 Å². The molecule has 4 fully saturated rings. The lowest BCUT2D eigenvalue weighted by molar-refractivity contribution is -0.142. The van der Waals surface area contributed by atoms with Crippen LogP contribution in [0.25, 0.3) is 10.8 Å². The standard InChI is InChI=1S/C39H55N5O10S/c1-23-9-7-8-10-26-20-39(26,36(47)43-55(49,50)29-12-13-29)42-33(45)31-19-28(53-34-30-14-11-27(52-6)18-24(30)15-16-40-34)21-44(31)35(46)32(25(17-23)22-51-5)41-37(48)54-38(2,3)4/h11,14-16,18,23,25-26,28-29,31-32H,7-10,12-13,17,19-22H2,1-6H3,(H,41,48)(H,42,45)(H,43,47)/t23-,25-,26-,28+,31-,32-,39+/m0/s1. The lowest BCUT2D eigenvalue weighted by atomic mass is 9.86. The number of benzene rings is 1. The first-order valence-electron chi connectivity index (χ1n) is 19.3. The van der Waals surface area contributed by atoms with Gasteiger partial charge in [-0.1, -0.05) is 26.2 Å². The van der Waals surface area contributed by atoms with Crippen molar-refractivity contribution in [1.82, 2.24) is 25.2 Å². The van der Waals surface area contributed by atoms with Gasteiger partial charge in [0.2, 0.25) is 27.7 Å². The zero-order valence-electron chi connectivity index (χ0n) is 32.6. The van der Waals surface area contributed by atoms with Crippen LogP contribution in [0.1, 0.15) is 85.5 Å². The van der Waals surface area contributed by atoms with Gasteiger partial charge in [0.25, 0.3) is 5.91 Å². The molecule has 55 heavy (non-hydrogen) atoms. The molecule has 2 saturated carbocycles. The van der Waals surface area contributed by atoms with Crippen LogP contribution in [0.5, 0.6) is 11.6 Å². The van der Waals surface area contributed by atoms with Crippen LogP contribution in [-0.2, 0) is 33.9 Å². The monoisotopic (exact) mass is 785 g/mol. The zero-order valence-corrected chi connectivity index (χ0v) is 33.4. The second kappa shape index (κ2) is 16.1. The average molecular weight is 786 g/mol. The van der Waals surface area contributed by atoms with Crippen molar-refractivity contribution in [3.05, 3.63) is 30.5 Å². The van der Waals surface area contributed by atoms with Gasteiger partial charge < -0.3 is 34.5 Å². The molecule has 0 unspecified atom stereocenters. The number of carbonyl (C=O) groups excluding carboxylic acids is 4. The van der Waals surface area contributed by atoms with Crippen LogP contribution < -0.4 is 24.8 Å². The fourth-order valence-corrected chi connectivity index (χ4v) is 9.42. The van der Waals surface area contributed by atoms with Gasteiger partial charge in [0, 0.05) is 31.0 Å². The van der Waals surface area contributed by atoms with E-state index in [-0.39, 0.29) is 37.8 Å². The topological polar surface area (TPSA) is 192 Å². The number of fused-ring (bicyclic) bond motifs is 3. The number of ether oxygens (including phenoxy) is 4. The highest BCUT2D eigenvalue weighted by Gasteiger charge is 2.62. The van der Waals surface area contributed by atoms with E-state index in [1.165, 1.54) is 12.0 Å². The molecule has 2 aliphatic carbocycles. The Kier molecular flexibility index (Phi) is 11.9. The van der Waals surface area contributed by atoms with Gasteiger partial charge in [0.1, 0.15) is 35.1 Å². The molecular formula is C39H55N5O10S. The lowest BCUT2D eigenvalue weighted by Gasteiger charge is -2.34. The number of rotatable bonds is 9. The van der Waals surface area contributed by atoms with Crippen LogP contribution in [0, 0.1) is 17.8 Å². The Morgan fingerprint density at radius 2 is 1.80 bits per heavy atom. The van der Waals surface area contributed by atoms with E-state index >= 15 is 0 Å². The first kappa shape index (κ1) is 40.5. The lowest BCUT2D eigenvalue weighted by Crippen LogP contribution is -2.60. The van der Waals surface area contributed by atoms with Crippen LogP contribution in [0.3, 0.4) is 0 Å². The zero-order chi connectivity index (χ0) is 39.7. The molecule has 1 aromatic carbocycles. The SMILES string of the molecule is COC[C@@H]1C[C@@H](C)CCCC[C@H]2C[C@@]2(C(=O)NS(=O)(=O)C2CC2)NC(=O)[C@@H]2C[C@@H](Oc3nccc4cc(OC)ccc34)CN2C(=O)[C@H]1NC(=O)OC(C)(C)C. The molecule has 0 spiro atoms. The number of amides is 4. The van der Waals surface area contributed by atoms with Crippen molar-refractivity contribution in [3.8, 4) is 11.6 Å². The third kappa shape index (κ3) is 9.45. The molecule has 2 aliphatic heterocycles. The number of nitrogens with zero attached hydrogens (tertiary/aromatic N) is 2. The van der Waals surface area contributed by atoms with Gasteiger partial charge >= 0.3 is 6.09 Å². The normalized spacial score (nSPS) is 29.2. The molecule has 2 saturated heterocycles. The number of methoxy groups -OCH3 is 2. The predicted molar refractivity (Wildman–Crippen MR) is 203 cm³/mol. The van der Waals surface area contributed by atoms with Gasteiger partial charge in [-0.3, -0.25) is 19.1 Å². The Bertz CT molecular complexity index is 1880. The molecule has 0 radical (unpaired) electrons. The fraction of sp³-hybridized carbons (Fsp3) is 0.667. The third-order valence-corrected chi connectivity index (χ3v) is 12.9. The van der Waals surface area contributed by atoms with Crippen LogP contribution >= 0.6 is 0 Å². The predicted octanol–water partition coefficient (Wildman–Crippen LogP) is 3.83. The summed E-state index contributed by atoms with van der Waals surface area (Å²) >= 11 is 0. The number of hydrogen-bond acceptors (Lipinski definition) is 11. The number of nitrogens with one attached hydrogen (secondary N) is 3. The van der Waals surface area contributed by atoms with Gasteiger partial charge in [0.15, 0.2) is 0 Å². The van der Waals surface area contributed by atoms with Crippen molar-refractivity contribution in [2.75, 3.05) is 27.4 Å². The van der Waals surface area contributed by atoms with E-state index in [0.717, 1.165) is 24.6 Å². The summed E-state index contributed by atoms with van der Waals surface area (Å²) < 4.78 is 51.1. The molecule has 15 nitrogen and oxygen atoms in total. The smallest absolute Gasteiger partial charge is 0.408 e. The quantitative estimate of drug-likeness (QED) is 0.335. The molecule has 7 atom stereocenters. The van der Waals surface area contributed by atoms with E-state index < -0.39 is 74.3 Å². The van der Waals surface area contributed by atoms with E-state index in [4.69, 9.17) is 18.9 Å². The Morgan fingerprint density at radius 3 is 2.49 bits per heavy atom. The number of alkyl carbamates (subject to hydrolysis) is 1. The third-order valence-electron chi connectivity index (χ3n) is 11.1. The van der Waals surface area contributed by atoms with Crippen LogP contribution in [0.2, 0.25) is 0 Å². The van der Waals surface area contributed by atoms with Crippen LogP contribution in [-0.4, -0.2) is 104 Å². The summed E-state index contributed by atoms with van der Waals surface area (Å²) in [5.74, 6) is -1.54. The summed E-state index contributed by atoms with van der Waals surface area (Å²) in [5, 5.41) is 6.66. The van der Waals surface area contributed by atoms with E-state index in [1.54, 1.807) is 40.1 Å². The number of aromatic nitrogens is 1. The van der Waals surface area contributed by atoms with Crippen molar-refractivity contribution in [2.45, 2.75) is 120 Å². The minimum atomic E-state index is -3.89. The van der Waals surface area contributed by atoms with Crippen LogP contribution in [0.4, 0.5) is 4.79 Å². The maximum atomic E-state index is 14.9. The molecule has 6 rings (SSSR count). The van der Waals surface area contributed by atoms with Crippen molar-refractivity contribution >= 4 is 44.6 Å². The second-order valence-corrected chi connectivity index (χ2v) is 18.6. The van der Waals surface area contributed by atoms with Crippen molar-refractivity contribution in [2.24, 2.45) is 17.8 Å².